The predicted molar refractivity (Wildman–Crippen MR) is 67.5 cm³/mol. The second kappa shape index (κ2) is 6.02. The third-order valence-electron chi connectivity index (χ3n) is 2.58. The van der Waals surface area contributed by atoms with Crippen LogP contribution in [-0.4, -0.2) is 27.5 Å². The zero-order valence-electron chi connectivity index (χ0n) is 9.97. The van der Waals surface area contributed by atoms with E-state index in [0.717, 1.165) is 5.69 Å². The van der Waals surface area contributed by atoms with Gasteiger partial charge in [0.25, 0.3) is 0 Å². The Morgan fingerprint density at radius 3 is 2.56 bits per heavy atom. The summed E-state index contributed by atoms with van der Waals surface area (Å²) in [5, 5.41) is 0. The molecular formula is C11H13ClF3NOS. The lowest BCUT2D eigenvalue weighted by atomic mass is 10.2. The molecule has 0 fully saturated rings. The SMILES string of the molecule is Cc1cc(C(=O)CCl)c(C)n1CCSC(F)(F)F. The van der Waals surface area contributed by atoms with E-state index in [1.807, 2.05) is 0 Å². The number of nitrogens with zero attached hydrogens (tertiary/aromatic N) is 1. The second-order valence-electron chi connectivity index (χ2n) is 3.79. The first kappa shape index (κ1) is 15.4. The first-order chi connectivity index (χ1) is 8.26. The first-order valence-electron chi connectivity index (χ1n) is 5.23. The number of halogens is 4. The lowest BCUT2D eigenvalue weighted by Gasteiger charge is -2.10. The summed E-state index contributed by atoms with van der Waals surface area (Å²) in [5.74, 6) is -0.407. The van der Waals surface area contributed by atoms with Crippen LogP contribution < -0.4 is 0 Å². The van der Waals surface area contributed by atoms with E-state index in [1.165, 1.54) is 0 Å². The average molecular weight is 300 g/mol. The Labute approximate surface area is 112 Å². The molecule has 0 aromatic carbocycles. The van der Waals surface area contributed by atoms with Gasteiger partial charge in [-0.15, -0.1) is 11.6 Å². The summed E-state index contributed by atoms with van der Waals surface area (Å²) in [6.45, 7) is 3.69. The molecule has 1 heterocycles. The van der Waals surface area contributed by atoms with Crippen molar-refractivity contribution in [2.75, 3.05) is 11.6 Å². The molecule has 0 spiro atoms. The van der Waals surface area contributed by atoms with Crippen LogP contribution in [0.15, 0.2) is 6.07 Å². The topological polar surface area (TPSA) is 22.0 Å². The van der Waals surface area contributed by atoms with E-state index >= 15 is 0 Å². The van der Waals surface area contributed by atoms with E-state index in [1.54, 1.807) is 24.5 Å². The Morgan fingerprint density at radius 2 is 2.06 bits per heavy atom. The van der Waals surface area contributed by atoms with E-state index in [2.05, 4.69) is 0 Å². The Balaban J connectivity index is 2.78. The van der Waals surface area contributed by atoms with Crippen molar-refractivity contribution in [3.8, 4) is 0 Å². The van der Waals surface area contributed by atoms with Crippen LogP contribution in [0.25, 0.3) is 0 Å². The highest BCUT2D eigenvalue weighted by molar-refractivity contribution is 8.00. The quantitative estimate of drug-likeness (QED) is 0.610. The van der Waals surface area contributed by atoms with Gasteiger partial charge in [-0.25, -0.2) is 0 Å². The summed E-state index contributed by atoms with van der Waals surface area (Å²) in [5.41, 5.74) is -2.30. The van der Waals surface area contributed by atoms with E-state index in [9.17, 15) is 18.0 Å². The normalized spacial score (nSPS) is 11.9. The van der Waals surface area contributed by atoms with Gasteiger partial charge in [0.15, 0.2) is 5.78 Å². The number of aryl methyl sites for hydroxylation is 1. The van der Waals surface area contributed by atoms with Crippen LogP contribution in [-0.2, 0) is 6.54 Å². The van der Waals surface area contributed by atoms with Gasteiger partial charge in [-0.3, -0.25) is 4.79 Å². The third-order valence-corrected chi connectivity index (χ3v) is 3.53. The summed E-state index contributed by atoms with van der Waals surface area (Å²) >= 11 is 5.41. The minimum absolute atomic E-state index is 0.0626. The third kappa shape index (κ3) is 3.95. The molecule has 0 aliphatic rings. The zero-order chi connectivity index (χ0) is 13.9. The number of Topliss-reactive ketones (excluding diaryl/α,β-unsaturated/α-hetero) is 1. The maximum atomic E-state index is 12.0. The van der Waals surface area contributed by atoms with Gasteiger partial charge >= 0.3 is 5.51 Å². The van der Waals surface area contributed by atoms with E-state index < -0.39 is 5.51 Å². The Hall–Kier alpha value is -0.620. The van der Waals surface area contributed by atoms with Crippen molar-refractivity contribution >= 4 is 29.1 Å². The summed E-state index contributed by atoms with van der Waals surface area (Å²) in [4.78, 5) is 11.5. The molecule has 1 aromatic rings. The fourth-order valence-corrected chi connectivity index (χ4v) is 2.40. The number of ketones is 1. The maximum Gasteiger partial charge on any atom is 0.441 e. The largest absolute Gasteiger partial charge is 0.441 e. The molecule has 0 aliphatic heterocycles. The van der Waals surface area contributed by atoms with Crippen LogP contribution in [0.4, 0.5) is 13.2 Å². The number of hydrogen-bond acceptors (Lipinski definition) is 2. The monoisotopic (exact) mass is 299 g/mol. The average Bonchev–Trinajstić information content (AvgIpc) is 2.54. The van der Waals surface area contributed by atoms with Gasteiger partial charge in [0, 0.05) is 29.2 Å². The molecule has 0 N–H and O–H groups in total. The fraction of sp³-hybridized carbons (Fsp3) is 0.545. The van der Waals surface area contributed by atoms with E-state index in [4.69, 9.17) is 11.6 Å². The highest BCUT2D eigenvalue weighted by atomic mass is 35.5. The molecule has 0 saturated carbocycles. The van der Waals surface area contributed by atoms with Gasteiger partial charge in [0.1, 0.15) is 0 Å². The van der Waals surface area contributed by atoms with Crippen molar-refractivity contribution in [2.45, 2.75) is 25.9 Å². The molecule has 0 aliphatic carbocycles. The molecule has 0 atom stereocenters. The van der Waals surface area contributed by atoms with Gasteiger partial charge in [0.05, 0.1) is 5.88 Å². The fourth-order valence-electron chi connectivity index (χ4n) is 1.75. The van der Waals surface area contributed by atoms with Crippen LogP contribution in [0.5, 0.6) is 0 Å². The number of carbonyl (C=O) groups excluding carboxylic acids is 1. The molecule has 0 unspecified atom stereocenters. The summed E-state index contributed by atoms with van der Waals surface area (Å²) < 4.78 is 37.8. The molecule has 102 valence electrons. The highest BCUT2D eigenvalue weighted by Gasteiger charge is 2.27. The van der Waals surface area contributed by atoms with Crippen LogP contribution in [0.2, 0.25) is 0 Å². The number of aromatic nitrogens is 1. The molecule has 1 rings (SSSR count). The van der Waals surface area contributed by atoms with Crippen LogP contribution in [0.3, 0.4) is 0 Å². The Morgan fingerprint density at radius 1 is 1.44 bits per heavy atom. The number of carbonyl (C=O) groups is 1. The van der Waals surface area contributed by atoms with Gasteiger partial charge in [-0.05, 0) is 31.7 Å². The highest BCUT2D eigenvalue weighted by Crippen LogP contribution is 2.30. The first-order valence-corrected chi connectivity index (χ1v) is 6.75. The summed E-state index contributed by atoms with van der Waals surface area (Å²) in [6.07, 6.45) is 0. The molecule has 18 heavy (non-hydrogen) atoms. The van der Waals surface area contributed by atoms with Gasteiger partial charge < -0.3 is 4.57 Å². The van der Waals surface area contributed by atoms with Crippen molar-refractivity contribution in [2.24, 2.45) is 0 Å². The molecule has 0 radical (unpaired) electrons. The minimum Gasteiger partial charge on any atom is -0.348 e. The summed E-state index contributed by atoms with van der Waals surface area (Å²) in [6, 6.07) is 1.66. The molecule has 0 saturated heterocycles. The van der Waals surface area contributed by atoms with E-state index in [-0.39, 0.29) is 35.7 Å². The Kier molecular flexibility index (Phi) is 5.16. The second-order valence-corrected chi connectivity index (χ2v) is 5.21. The van der Waals surface area contributed by atoms with Crippen LogP contribution in [0.1, 0.15) is 21.7 Å². The standard InChI is InChI=1S/C11H13ClF3NOS/c1-7-5-9(10(17)6-12)8(2)16(7)3-4-18-11(13,14)15/h5H,3-4,6H2,1-2H3. The van der Waals surface area contributed by atoms with Crippen molar-refractivity contribution in [3.63, 3.8) is 0 Å². The van der Waals surface area contributed by atoms with E-state index in [0.29, 0.717) is 11.3 Å². The van der Waals surface area contributed by atoms with Gasteiger partial charge in [0.2, 0.25) is 0 Å². The smallest absolute Gasteiger partial charge is 0.348 e. The van der Waals surface area contributed by atoms with Gasteiger partial charge in [-0.1, -0.05) is 0 Å². The summed E-state index contributed by atoms with van der Waals surface area (Å²) in [7, 11) is 0. The number of thioether (sulfide) groups is 1. The molecule has 2 nitrogen and oxygen atoms in total. The van der Waals surface area contributed by atoms with Crippen molar-refractivity contribution in [1.29, 1.82) is 0 Å². The molecule has 0 amide bonds. The molecule has 1 aromatic heterocycles. The number of hydrogen-bond donors (Lipinski definition) is 0. The Bertz CT molecular complexity index is 442. The van der Waals surface area contributed by atoms with Crippen LogP contribution >= 0.6 is 23.4 Å². The minimum atomic E-state index is -4.22. The zero-order valence-corrected chi connectivity index (χ0v) is 11.5. The van der Waals surface area contributed by atoms with Crippen molar-refractivity contribution < 1.29 is 18.0 Å². The number of rotatable bonds is 5. The maximum absolute atomic E-state index is 12.0. The molecule has 0 bridgehead atoms. The van der Waals surface area contributed by atoms with Crippen LogP contribution in [0, 0.1) is 13.8 Å². The molecular weight excluding hydrogens is 287 g/mol. The molecule has 7 heteroatoms. The lowest BCUT2D eigenvalue weighted by Crippen LogP contribution is -2.10. The predicted octanol–water partition coefficient (Wildman–Crippen LogP) is 3.78. The van der Waals surface area contributed by atoms with Crippen molar-refractivity contribution in [3.05, 3.63) is 23.0 Å². The van der Waals surface area contributed by atoms with Gasteiger partial charge in [-0.2, -0.15) is 13.2 Å². The van der Waals surface area contributed by atoms with Crippen molar-refractivity contribution in [1.82, 2.24) is 4.57 Å². The number of alkyl halides is 4. The lowest BCUT2D eigenvalue weighted by molar-refractivity contribution is -0.0328.